The van der Waals surface area contributed by atoms with Crippen molar-refractivity contribution in [2.75, 3.05) is 5.32 Å². The molecule has 2 rings (SSSR count). The van der Waals surface area contributed by atoms with Gasteiger partial charge in [0, 0.05) is 6.04 Å². The van der Waals surface area contributed by atoms with Crippen molar-refractivity contribution in [3.63, 3.8) is 0 Å². The van der Waals surface area contributed by atoms with E-state index in [0.29, 0.717) is 6.04 Å². The minimum atomic E-state index is 0.622. The molecule has 0 bridgehead atoms. The third-order valence-corrected chi connectivity index (χ3v) is 2.49. The monoisotopic (exact) mass is 177 g/mol. The van der Waals surface area contributed by atoms with Crippen LogP contribution < -0.4 is 5.32 Å². The Kier molecular flexibility index (Phi) is 2.43. The molecule has 0 saturated heterocycles. The van der Waals surface area contributed by atoms with Gasteiger partial charge in [0.25, 0.3) is 0 Å². The van der Waals surface area contributed by atoms with Crippen LogP contribution in [0.15, 0.2) is 12.4 Å². The van der Waals surface area contributed by atoms with E-state index in [0.717, 1.165) is 11.5 Å². The molecule has 0 aromatic carbocycles. The van der Waals surface area contributed by atoms with Gasteiger partial charge in [0.2, 0.25) is 0 Å². The molecule has 1 aromatic rings. The van der Waals surface area contributed by atoms with E-state index in [4.69, 9.17) is 0 Å². The lowest BCUT2D eigenvalue weighted by Crippen LogP contribution is -2.15. The standard InChI is InChI=1S/C10H15N3/c1-8-6-12-10(7-11-8)13-9-4-2-3-5-9/h6-7,9H,2-5H2,1H3,(H,12,13). The minimum Gasteiger partial charge on any atom is -0.366 e. The van der Waals surface area contributed by atoms with Crippen molar-refractivity contribution in [1.82, 2.24) is 9.97 Å². The summed E-state index contributed by atoms with van der Waals surface area (Å²) in [5, 5.41) is 3.39. The van der Waals surface area contributed by atoms with E-state index in [1.807, 2.05) is 13.1 Å². The average molecular weight is 177 g/mol. The maximum Gasteiger partial charge on any atom is 0.144 e. The van der Waals surface area contributed by atoms with Crippen LogP contribution in [0, 0.1) is 6.92 Å². The van der Waals surface area contributed by atoms with Crippen LogP contribution in [0.25, 0.3) is 0 Å². The highest BCUT2D eigenvalue weighted by molar-refractivity contribution is 5.32. The first-order valence-corrected chi connectivity index (χ1v) is 4.90. The number of aromatic nitrogens is 2. The van der Waals surface area contributed by atoms with Crippen LogP contribution >= 0.6 is 0 Å². The third-order valence-electron chi connectivity index (χ3n) is 2.49. The Hall–Kier alpha value is -1.12. The van der Waals surface area contributed by atoms with Gasteiger partial charge in [-0.05, 0) is 19.8 Å². The van der Waals surface area contributed by atoms with Gasteiger partial charge in [-0.2, -0.15) is 0 Å². The van der Waals surface area contributed by atoms with Gasteiger partial charge in [0.15, 0.2) is 0 Å². The second-order valence-electron chi connectivity index (χ2n) is 3.67. The van der Waals surface area contributed by atoms with Crippen LogP contribution in [0.4, 0.5) is 5.82 Å². The molecule has 1 N–H and O–H groups in total. The molecule has 0 aliphatic heterocycles. The molecule has 0 atom stereocenters. The fourth-order valence-corrected chi connectivity index (χ4v) is 1.75. The Labute approximate surface area is 78.6 Å². The number of rotatable bonds is 2. The van der Waals surface area contributed by atoms with Crippen LogP contribution in [-0.2, 0) is 0 Å². The molecule has 0 spiro atoms. The third kappa shape index (κ3) is 2.17. The van der Waals surface area contributed by atoms with E-state index in [9.17, 15) is 0 Å². The zero-order valence-electron chi connectivity index (χ0n) is 7.95. The fraction of sp³-hybridized carbons (Fsp3) is 0.600. The van der Waals surface area contributed by atoms with E-state index >= 15 is 0 Å². The summed E-state index contributed by atoms with van der Waals surface area (Å²) in [4.78, 5) is 8.46. The highest BCUT2D eigenvalue weighted by Gasteiger charge is 2.14. The number of aryl methyl sites for hydroxylation is 1. The number of hydrogen-bond acceptors (Lipinski definition) is 3. The second-order valence-corrected chi connectivity index (χ2v) is 3.67. The normalized spacial score (nSPS) is 17.6. The van der Waals surface area contributed by atoms with Crippen LogP contribution in [0.1, 0.15) is 31.4 Å². The SMILES string of the molecule is Cc1cnc(NC2CCCC2)cn1. The Balaban J connectivity index is 1.97. The van der Waals surface area contributed by atoms with Gasteiger partial charge in [-0.25, -0.2) is 4.98 Å². The van der Waals surface area contributed by atoms with E-state index in [1.54, 1.807) is 6.20 Å². The summed E-state index contributed by atoms with van der Waals surface area (Å²) in [5.41, 5.74) is 0.969. The summed E-state index contributed by atoms with van der Waals surface area (Å²) in [6, 6.07) is 0.622. The van der Waals surface area contributed by atoms with Crippen LogP contribution in [0.2, 0.25) is 0 Å². The number of hydrogen-bond donors (Lipinski definition) is 1. The maximum absolute atomic E-state index is 4.27. The lowest BCUT2D eigenvalue weighted by molar-refractivity contribution is 0.749. The Morgan fingerprint density at radius 1 is 1.23 bits per heavy atom. The van der Waals surface area contributed by atoms with Crippen molar-refractivity contribution in [3.05, 3.63) is 18.1 Å². The number of anilines is 1. The van der Waals surface area contributed by atoms with E-state index in [2.05, 4.69) is 15.3 Å². The molecule has 0 amide bonds. The molecular formula is C10H15N3. The van der Waals surface area contributed by atoms with Crippen molar-refractivity contribution >= 4 is 5.82 Å². The molecule has 0 radical (unpaired) electrons. The minimum absolute atomic E-state index is 0.622. The molecular weight excluding hydrogens is 162 g/mol. The molecule has 1 aliphatic carbocycles. The van der Waals surface area contributed by atoms with Gasteiger partial charge >= 0.3 is 0 Å². The highest BCUT2D eigenvalue weighted by atomic mass is 15.0. The van der Waals surface area contributed by atoms with E-state index in [-0.39, 0.29) is 0 Å². The Bertz CT molecular complexity index is 262. The van der Waals surface area contributed by atoms with Gasteiger partial charge in [-0.1, -0.05) is 12.8 Å². The zero-order valence-corrected chi connectivity index (χ0v) is 7.95. The molecule has 3 nitrogen and oxygen atoms in total. The lowest BCUT2D eigenvalue weighted by Gasteiger charge is -2.11. The largest absolute Gasteiger partial charge is 0.366 e. The molecule has 13 heavy (non-hydrogen) atoms. The summed E-state index contributed by atoms with van der Waals surface area (Å²) >= 11 is 0. The summed E-state index contributed by atoms with van der Waals surface area (Å²) in [6.45, 7) is 1.95. The molecule has 1 fully saturated rings. The van der Waals surface area contributed by atoms with E-state index < -0.39 is 0 Å². The zero-order chi connectivity index (χ0) is 9.10. The predicted octanol–water partition coefficient (Wildman–Crippen LogP) is 2.14. The molecule has 3 heteroatoms. The van der Waals surface area contributed by atoms with Gasteiger partial charge in [0.05, 0.1) is 18.1 Å². The van der Waals surface area contributed by atoms with Gasteiger partial charge in [0.1, 0.15) is 5.82 Å². The van der Waals surface area contributed by atoms with Crippen molar-refractivity contribution in [3.8, 4) is 0 Å². The van der Waals surface area contributed by atoms with Crippen molar-refractivity contribution in [1.29, 1.82) is 0 Å². The molecule has 1 heterocycles. The summed E-state index contributed by atoms with van der Waals surface area (Å²) in [5.74, 6) is 0.914. The topological polar surface area (TPSA) is 37.8 Å². The maximum atomic E-state index is 4.27. The van der Waals surface area contributed by atoms with Crippen molar-refractivity contribution < 1.29 is 0 Å². The fourth-order valence-electron chi connectivity index (χ4n) is 1.75. The van der Waals surface area contributed by atoms with Gasteiger partial charge in [-0.3, -0.25) is 4.98 Å². The second kappa shape index (κ2) is 3.73. The van der Waals surface area contributed by atoms with Gasteiger partial charge in [-0.15, -0.1) is 0 Å². The van der Waals surface area contributed by atoms with Gasteiger partial charge < -0.3 is 5.32 Å². The number of nitrogens with zero attached hydrogens (tertiary/aromatic N) is 2. The first-order valence-electron chi connectivity index (χ1n) is 4.90. The summed E-state index contributed by atoms with van der Waals surface area (Å²) in [7, 11) is 0. The number of nitrogens with one attached hydrogen (secondary N) is 1. The summed E-state index contributed by atoms with van der Waals surface area (Å²) < 4.78 is 0. The molecule has 1 saturated carbocycles. The molecule has 1 aromatic heterocycles. The quantitative estimate of drug-likeness (QED) is 0.752. The van der Waals surface area contributed by atoms with Crippen molar-refractivity contribution in [2.45, 2.75) is 38.6 Å². The van der Waals surface area contributed by atoms with E-state index in [1.165, 1.54) is 25.7 Å². The first-order chi connectivity index (χ1) is 6.34. The Morgan fingerprint density at radius 2 is 2.00 bits per heavy atom. The Morgan fingerprint density at radius 3 is 2.62 bits per heavy atom. The first kappa shape index (κ1) is 8.48. The molecule has 1 aliphatic rings. The molecule has 0 unspecified atom stereocenters. The lowest BCUT2D eigenvalue weighted by atomic mass is 10.2. The smallest absolute Gasteiger partial charge is 0.144 e. The highest BCUT2D eigenvalue weighted by Crippen LogP contribution is 2.20. The molecule has 70 valence electrons. The van der Waals surface area contributed by atoms with Crippen molar-refractivity contribution in [2.24, 2.45) is 0 Å². The summed E-state index contributed by atoms with van der Waals surface area (Å²) in [6.07, 6.45) is 8.85. The van der Waals surface area contributed by atoms with Crippen LogP contribution in [0.5, 0.6) is 0 Å². The van der Waals surface area contributed by atoms with Crippen LogP contribution in [-0.4, -0.2) is 16.0 Å². The average Bonchev–Trinajstić information content (AvgIpc) is 2.62. The predicted molar refractivity (Wildman–Crippen MR) is 52.6 cm³/mol. The van der Waals surface area contributed by atoms with Crippen LogP contribution in [0.3, 0.4) is 0 Å².